The third-order valence-corrected chi connectivity index (χ3v) is 4.43. The summed E-state index contributed by atoms with van der Waals surface area (Å²) in [4.78, 5) is 11.9. The lowest BCUT2D eigenvalue weighted by atomic mass is 10.1. The van der Waals surface area contributed by atoms with Gasteiger partial charge in [0.15, 0.2) is 0 Å². The van der Waals surface area contributed by atoms with Crippen molar-refractivity contribution in [3.05, 3.63) is 59.7 Å². The molecule has 6 nitrogen and oxygen atoms in total. The Morgan fingerprint density at radius 1 is 1.12 bits per heavy atom. The van der Waals surface area contributed by atoms with Gasteiger partial charge in [-0.1, -0.05) is 12.1 Å². The van der Waals surface area contributed by atoms with E-state index in [0.29, 0.717) is 11.3 Å². The van der Waals surface area contributed by atoms with Gasteiger partial charge in [0, 0.05) is 5.69 Å². The fourth-order valence-electron chi connectivity index (χ4n) is 2.16. The molecule has 0 saturated heterocycles. The van der Waals surface area contributed by atoms with Crippen molar-refractivity contribution in [2.75, 3.05) is 5.32 Å². The lowest BCUT2D eigenvalue weighted by Crippen LogP contribution is -2.31. The fourth-order valence-corrected chi connectivity index (χ4v) is 2.67. The lowest BCUT2D eigenvalue weighted by Gasteiger charge is -2.17. The number of carbonyl (C=O) groups is 1. The Labute approximate surface area is 148 Å². The van der Waals surface area contributed by atoms with E-state index in [-0.39, 0.29) is 4.90 Å². The van der Waals surface area contributed by atoms with Crippen LogP contribution in [-0.4, -0.2) is 14.4 Å². The van der Waals surface area contributed by atoms with Gasteiger partial charge in [0.25, 0.3) is 0 Å². The number of alkyl halides is 3. The summed E-state index contributed by atoms with van der Waals surface area (Å²) < 4.78 is 60.6. The molecule has 2 aromatic carbocycles. The van der Waals surface area contributed by atoms with Crippen LogP contribution in [0, 0.1) is 0 Å². The lowest BCUT2D eigenvalue weighted by molar-refractivity contribution is -0.137. The molecule has 0 radical (unpaired) electrons. The van der Waals surface area contributed by atoms with Crippen LogP contribution in [0.4, 0.5) is 23.7 Å². The molecule has 0 saturated carbocycles. The monoisotopic (exact) mass is 387 g/mol. The minimum absolute atomic E-state index is 0.110. The number of nitrogens with two attached hydrogens (primary N) is 1. The minimum atomic E-state index is -4.47. The van der Waals surface area contributed by atoms with Crippen LogP contribution in [0.15, 0.2) is 53.4 Å². The van der Waals surface area contributed by atoms with Crippen molar-refractivity contribution in [3.8, 4) is 0 Å². The summed E-state index contributed by atoms with van der Waals surface area (Å²) in [6.45, 7) is 1.54. The molecule has 0 bridgehead atoms. The predicted molar refractivity (Wildman–Crippen MR) is 89.8 cm³/mol. The summed E-state index contributed by atoms with van der Waals surface area (Å²) in [5.74, 6) is 0. The minimum Gasteiger partial charge on any atom is -0.331 e. The van der Waals surface area contributed by atoms with Crippen molar-refractivity contribution in [1.82, 2.24) is 5.32 Å². The first kappa shape index (κ1) is 19.7. The number of carbonyl (C=O) groups excluding carboxylic acids is 1. The zero-order chi connectivity index (χ0) is 19.5. The van der Waals surface area contributed by atoms with Crippen molar-refractivity contribution in [3.63, 3.8) is 0 Å². The number of sulfonamides is 1. The summed E-state index contributed by atoms with van der Waals surface area (Å²) in [6.07, 6.45) is -4.47. The molecule has 0 aliphatic rings. The molecule has 2 amide bonds. The van der Waals surface area contributed by atoms with Crippen molar-refractivity contribution < 1.29 is 26.4 Å². The first-order valence-electron chi connectivity index (χ1n) is 7.34. The number of benzene rings is 2. The third-order valence-electron chi connectivity index (χ3n) is 3.50. The number of primary sulfonamides is 1. The van der Waals surface area contributed by atoms with Gasteiger partial charge in [-0.3, -0.25) is 0 Å². The van der Waals surface area contributed by atoms with E-state index in [1.807, 2.05) is 0 Å². The maximum absolute atomic E-state index is 12.7. The number of urea groups is 1. The van der Waals surface area contributed by atoms with Gasteiger partial charge in [-0.2, -0.15) is 13.2 Å². The fraction of sp³-hybridized carbons (Fsp3) is 0.188. The quantitative estimate of drug-likeness (QED) is 0.751. The molecule has 0 fully saturated rings. The second kappa shape index (κ2) is 7.34. The average Bonchev–Trinajstić information content (AvgIpc) is 2.53. The third kappa shape index (κ3) is 5.20. The Kier molecular flexibility index (Phi) is 5.57. The van der Waals surface area contributed by atoms with Crippen molar-refractivity contribution in [1.29, 1.82) is 0 Å². The normalized spacial score (nSPS) is 13.1. The van der Waals surface area contributed by atoms with E-state index in [2.05, 4.69) is 10.6 Å². The highest BCUT2D eigenvalue weighted by Crippen LogP contribution is 2.30. The first-order valence-corrected chi connectivity index (χ1v) is 8.89. The number of hydrogen-bond acceptors (Lipinski definition) is 3. The van der Waals surface area contributed by atoms with E-state index in [1.54, 1.807) is 6.92 Å². The molecule has 26 heavy (non-hydrogen) atoms. The second-order valence-corrected chi connectivity index (χ2v) is 7.07. The Morgan fingerprint density at radius 2 is 1.73 bits per heavy atom. The van der Waals surface area contributed by atoms with Crippen LogP contribution in [0.5, 0.6) is 0 Å². The number of rotatable bonds is 4. The van der Waals surface area contributed by atoms with E-state index in [9.17, 15) is 26.4 Å². The number of amides is 2. The number of anilines is 1. The van der Waals surface area contributed by atoms with Gasteiger partial charge in [-0.15, -0.1) is 0 Å². The highest BCUT2D eigenvalue weighted by Gasteiger charge is 2.30. The van der Waals surface area contributed by atoms with E-state index in [0.717, 1.165) is 12.1 Å². The van der Waals surface area contributed by atoms with E-state index in [4.69, 9.17) is 5.14 Å². The van der Waals surface area contributed by atoms with Crippen molar-refractivity contribution >= 4 is 21.7 Å². The average molecular weight is 387 g/mol. The zero-order valence-corrected chi connectivity index (χ0v) is 14.4. The molecule has 0 spiro atoms. The van der Waals surface area contributed by atoms with Crippen LogP contribution >= 0.6 is 0 Å². The van der Waals surface area contributed by atoms with Gasteiger partial charge in [-0.25, -0.2) is 18.4 Å². The highest BCUT2D eigenvalue weighted by molar-refractivity contribution is 7.89. The molecule has 140 valence electrons. The number of nitrogens with one attached hydrogen (secondary N) is 2. The number of halogens is 3. The molecule has 10 heteroatoms. The molecular formula is C16H16F3N3O3S. The highest BCUT2D eigenvalue weighted by atomic mass is 32.2. The van der Waals surface area contributed by atoms with Gasteiger partial charge >= 0.3 is 12.2 Å². The van der Waals surface area contributed by atoms with Crippen molar-refractivity contribution in [2.24, 2.45) is 5.14 Å². The Balaban J connectivity index is 2.03. The molecule has 0 aromatic heterocycles. The SMILES string of the molecule is CC(NC(=O)Nc1ccc(S(N)(=O)=O)cc1)c1cccc(C(F)(F)F)c1. The smallest absolute Gasteiger partial charge is 0.331 e. The van der Waals surface area contributed by atoms with Gasteiger partial charge in [-0.05, 0) is 48.9 Å². The molecule has 0 heterocycles. The van der Waals surface area contributed by atoms with Gasteiger partial charge in [0.05, 0.1) is 16.5 Å². The molecule has 1 atom stereocenters. The van der Waals surface area contributed by atoms with Crippen LogP contribution in [0.3, 0.4) is 0 Å². The maximum atomic E-state index is 12.7. The zero-order valence-electron chi connectivity index (χ0n) is 13.5. The second-order valence-electron chi connectivity index (χ2n) is 5.51. The summed E-state index contributed by atoms with van der Waals surface area (Å²) >= 11 is 0. The van der Waals surface area contributed by atoms with Crippen LogP contribution in [0.1, 0.15) is 24.1 Å². The van der Waals surface area contributed by atoms with Crippen molar-refractivity contribution in [2.45, 2.75) is 24.0 Å². The first-order chi connectivity index (χ1) is 12.0. The molecular weight excluding hydrogens is 371 g/mol. The summed E-state index contributed by atoms with van der Waals surface area (Å²) in [5.41, 5.74) is -0.215. The van der Waals surface area contributed by atoms with E-state index < -0.39 is 33.8 Å². The van der Waals surface area contributed by atoms with Crippen LogP contribution in [-0.2, 0) is 16.2 Å². The Bertz CT molecular complexity index is 897. The summed E-state index contributed by atoms with van der Waals surface area (Å²) in [7, 11) is -3.84. The summed E-state index contributed by atoms with van der Waals surface area (Å²) in [5, 5.41) is 9.94. The molecule has 2 aromatic rings. The Morgan fingerprint density at radius 3 is 2.27 bits per heavy atom. The van der Waals surface area contributed by atoms with Crippen LogP contribution in [0.25, 0.3) is 0 Å². The largest absolute Gasteiger partial charge is 0.416 e. The molecule has 2 rings (SSSR count). The number of hydrogen-bond donors (Lipinski definition) is 3. The maximum Gasteiger partial charge on any atom is 0.416 e. The summed E-state index contributed by atoms with van der Waals surface area (Å²) in [6, 6.07) is 8.45. The molecule has 0 aliphatic heterocycles. The molecule has 4 N–H and O–H groups in total. The van der Waals surface area contributed by atoms with E-state index >= 15 is 0 Å². The van der Waals surface area contributed by atoms with Gasteiger partial charge in [0.2, 0.25) is 10.0 Å². The predicted octanol–water partition coefficient (Wildman–Crippen LogP) is 3.24. The van der Waals surface area contributed by atoms with E-state index in [1.165, 1.54) is 36.4 Å². The molecule has 1 unspecified atom stereocenters. The van der Waals surface area contributed by atoms with Crippen LogP contribution in [0.2, 0.25) is 0 Å². The standard InChI is InChI=1S/C16H16F3N3O3S/c1-10(11-3-2-4-12(9-11)16(17,18)19)21-15(23)22-13-5-7-14(8-6-13)26(20,24)25/h2-10H,1H3,(H2,20,24,25)(H2,21,22,23). The van der Waals surface area contributed by atoms with Gasteiger partial charge in [0.1, 0.15) is 0 Å². The van der Waals surface area contributed by atoms with Gasteiger partial charge < -0.3 is 10.6 Å². The van der Waals surface area contributed by atoms with Crippen LogP contribution < -0.4 is 15.8 Å². The topological polar surface area (TPSA) is 101 Å². The molecule has 0 aliphatic carbocycles. The Hall–Kier alpha value is -2.59.